The Labute approximate surface area is 267 Å². The molecule has 6 aromatic rings. The molecule has 0 saturated heterocycles. The van der Waals surface area contributed by atoms with Gasteiger partial charge in [0.25, 0.3) is 5.66 Å². The maximum Gasteiger partial charge on any atom is 0.261 e. The first kappa shape index (κ1) is 27.4. The summed E-state index contributed by atoms with van der Waals surface area (Å²) in [6.07, 6.45) is 3.46. The zero-order valence-corrected chi connectivity index (χ0v) is 24.8. The van der Waals surface area contributed by atoms with Crippen LogP contribution in [0.5, 0.6) is 0 Å². The Morgan fingerprint density at radius 3 is 0.957 bits per heavy atom. The van der Waals surface area contributed by atoms with Crippen molar-refractivity contribution in [2.45, 2.75) is 11.3 Å². The van der Waals surface area contributed by atoms with Gasteiger partial charge in [0.15, 0.2) is 5.82 Å². The molecule has 8 rings (SSSR count). The predicted molar refractivity (Wildman–Crippen MR) is 184 cm³/mol. The van der Waals surface area contributed by atoms with Gasteiger partial charge in [-0.05, 0) is 6.07 Å². The number of aromatic nitrogens is 2. The summed E-state index contributed by atoms with van der Waals surface area (Å²) in [5, 5.41) is 0. The van der Waals surface area contributed by atoms with Crippen LogP contribution in [-0.2, 0) is 11.3 Å². The van der Waals surface area contributed by atoms with Crippen molar-refractivity contribution < 1.29 is 0 Å². The van der Waals surface area contributed by atoms with E-state index in [0.29, 0.717) is 5.82 Å². The van der Waals surface area contributed by atoms with Crippen LogP contribution in [0.15, 0.2) is 190 Å². The lowest BCUT2D eigenvalue weighted by atomic mass is 9.86. The van der Waals surface area contributed by atoms with Crippen LogP contribution in [0.3, 0.4) is 0 Å². The van der Waals surface area contributed by atoms with Crippen molar-refractivity contribution in [1.29, 1.82) is 0 Å². The van der Waals surface area contributed by atoms with Crippen LogP contribution in [0.1, 0.15) is 33.6 Å². The van der Waals surface area contributed by atoms with Crippen molar-refractivity contribution in [3.63, 3.8) is 0 Å². The Kier molecular flexibility index (Phi) is 6.80. The zero-order valence-electron chi connectivity index (χ0n) is 24.8. The molecule has 1 aromatic heterocycles. The van der Waals surface area contributed by atoms with E-state index in [1.165, 1.54) is 0 Å². The minimum atomic E-state index is -1.48. The first-order valence-electron chi connectivity index (χ1n) is 15.2. The average Bonchev–Trinajstić information content (AvgIpc) is 3.77. The van der Waals surface area contributed by atoms with E-state index in [1.807, 2.05) is 103 Å². The minimum absolute atomic E-state index is 0.410. The normalized spacial score (nSPS) is 16.3. The van der Waals surface area contributed by atoms with E-state index in [0.717, 1.165) is 50.7 Å². The molecule has 5 aromatic carbocycles. The molecule has 46 heavy (non-hydrogen) atoms. The summed E-state index contributed by atoms with van der Waals surface area (Å²) < 4.78 is 0. The van der Waals surface area contributed by atoms with Gasteiger partial charge in [0, 0.05) is 40.2 Å². The third-order valence-corrected chi connectivity index (χ3v) is 8.27. The van der Waals surface area contributed by atoms with Gasteiger partial charge < -0.3 is 0 Å². The first-order chi connectivity index (χ1) is 22.8. The van der Waals surface area contributed by atoms with Crippen LogP contribution in [0, 0.1) is 0 Å². The highest BCUT2D eigenvalue weighted by atomic mass is 15.3. The zero-order chi connectivity index (χ0) is 30.8. The Balaban J connectivity index is 1.52. The molecule has 0 N–H and O–H groups in total. The molecule has 218 valence electrons. The van der Waals surface area contributed by atoms with Gasteiger partial charge in [0.1, 0.15) is 0 Å². The van der Waals surface area contributed by atoms with Crippen molar-refractivity contribution in [3.8, 4) is 0 Å². The summed E-state index contributed by atoms with van der Waals surface area (Å²) in [5.74, 6) is 0.410. The summed E-state index contributed by atoms with van der Waals surface area (Å²) in [7, 11) is 0. The van der Waals surface area contributed by atoms with Gasteiger partial charge in [-0.25, -0.2) is 29.9 Å². The summed E-state index contributed by atoms with van der Waals surface area (Å²) in [6.45, 7) is 0. The Morgan fingerprint density at radius 1 is 0.304 bits per heavy atom. The lowest BCUT2D eigenvalue weighted by Crippen LogP contribution is -2.44. The van der Waals surface area contributed by atoms with Gasteiger partial charge in [0.2, 0.25) is 5.66 Å². The lowest BCUT2D eigenvalue weighted by Gasteiger charge is -2.36. The maximum absolute atomic E-state index is 5.62. The fourth-order valence-corrected chi connectivity index (χ4v) is 6.15. The number of hydrogen-bond acceptors (Lipinski definition) is 6. The van der Waals surface area contributed by atoms with E-state index in [2.05, 4.69) is 48.5 Å². The van der Waals surface area contributed by atoms with Gasteiger partial charge in [-0.2, -0.15) is 0 Å². The third kappa shape index (κ3) is 4.50. The molecule has 0 atom stereocenters. The summed E-state index contributed by atoms with van der Waals surface area (Å²) in [5.41, 5.74) is 4.70. The molecule has 6 heteroatoms. The standard InChI is InChI=1S/C40H28N6/c1-6-17-29(18-7-1)34-35(30-19-8-2-9-20-30)44-39(43-34,33-25-14-5-15-26-33)40(38-41-27-16-28-42-38)45-36(31-21-10-3-11-22-31)37(46-40)32-23-12-4-13-24-32/h1-28H. The molecule has 3 heterocycles. The molecular weight excluding hydrogens is 564 g/mol. The molecule has 0 radical (unpaired) electrons. The van der Waals surface area contributed by atoms with Crippen molar-refractivity contribution >= 4 is 22.8 Å². The summed E-state index contributed by atoms with van der Waals surface area (Å²) >= 11 is 0. The highest BCUT2D eigenvalue weighted by molar-refractivity contribution is 6.55. The first-order valence-corrected chi connectivity index (χ1v) is 15.2. The maximum atomic E-state index is 5.62. The molecular formula is C40H28N6. The minimum Gasteiger partial charge on any atom is -0.243 e. The highest BCUT2D eigenvalue weighted by Gasteiger charge is 2.62. The topological polar surface area (TPSA) is 75.2 Å². The SMILES string of the molecule is c1ccc(C2=NC(c3ccccc3)(C3(c4ncccn4)N=C(c4ccccc4)C(c4ccccc4)=N3)N=C2c2ccccc2)cc1. The number of nitrogens with zero attached hydrogens (tertiary/aromatic N) is 6. The van der Waals surface area contributed by atoms with Crippen LogP contribution < -0.4 is 0 Å². The number of aliphatic imine (C=N–C) groups is 4. The van der Waals surface area contributed by atoms with Crippen LogP contribution in [-0.4, -0.2) is 32.8 Å². The average molecular weight is 593 g/mol. The van der Waals surface area contributed by atoms with Gasteiger partial charge in [-0.3, -0.25) is 0 Å². The van der Waals surface area contributed by atoms with Gasteiger partial charge in [-0.15, -0.1) is 0 Å². The number of benzene rings is 5. The molecule has 0 aliphatic carbocycles. The van der Waals surface area contributed by atoms with Crippen molar-refractivity contribution in [2.24, 2.45) is 20.0 Å². The molecule has 0 fully saturated rings. The molecule has 0 bridgehead atoms. The molecule has 0 saturated carbocycles. The van der Waals surface area contributed by atoms with Crippen LogP contribution in [0.25, 0.3) is 0 Å². The van der Waals surface area contributed by atoms with Crippen molar-refractivity contribution in [3.05, 3.63) is 204 Å². The summed E-state index contributed by atoms with van der Waals surface area (Å²) in [6, 6.07) is 52.5. The van der Waals surface area contributed by atoms with E-state index < -0.39 is 11.3 Å². The molecule has 0 unspecified atom stereocenters. The van der Waals surface area contributed by atoms with Gasteiger partial charge >= 0.3 is 0 Å². The van der Waals surface area contributed by atoms with Crippen molar-refractivity contribution in [1.82, 2.24) is 9.97 Å². The fraction of sp³-hybridized carbons (Fsp3) is 0.0500. The second-order valence-corrected chi connectivity index (χ2v) is 11.1. The van der Waals surface area contributed by atoms with Crippen LogP contribution >= 0.6 is 0 Å². The Hall–Kier alpha value is -6.14. The molecule has 0 amide bonds. The number of hydrogen-bond donors (Lipinski definition) is 0. The van der Waals surface area contributed by atoms with Crippen molar-refractivity contribution in [2.75, 3.05) is 0 Å². The molecule has 6 nitrogen and oxygen atoms in total. The monoisotopic (exact) mass is 592 g/mol. The van der Waals surface area contributed by atoms with E-state index in [-0.39, 0.29) is 0 Å². The van der Waals surface area contributed by atoms with E-state index in [4.69, 9.17) is 29.9 Å². The van der Waals surface area contributed by atoms with Crippen LogP contribution in [0.4, 0.5) is 0 Å². The third-order valence-electron chi connectivity index (χ3n) is 8.27. The van der Waals surface area contributed by atoms with E-state index in [9.17, 15) is 0 Å². The Bertz CT molecular complexity index is 1840. The van der Waals surface area contributed by atoms with Gasteiger partial charge in [-0.1, -0.05) is 152 Å². The molecule has 0 spiro atoms. The second kappa shape index (κ2) is 11.4. The fourth-order valence-electron chi connectivity index (χ4n) is 6.15. The quantitative estimate of drug-likeness (QED) is 0.193. The highest BCUT2D eigenvalue weighted by Crippen LogP contribution is 2.53. The smallest absolute Gasteiger partial charge is 0.243 e. The van der Waals surface area contributed by atoms with E-state index >= 15 is 0 Å². The predicted octanol–water partition coefficient (Wildman–Crippen LogP) is 7.47. The Morgan fingerprint density at radius 2 is 0.609 bits per heavy atom. The molecule has 2 aliphatic rings. The lowest BCUT2D eigenvalue weighted by molar-refractivity contribution is 0.243. The number of rotatable bonds is 7. The van der Waals surface area contributed by atoms with E-state index in [1.54, 1.807) is 18.5 Å². The second-order valence-electron chi connectivity index (χ2n) is 11.1. The van der Waals surface area contributed by atoms with Gasteiger partial charge in [0.05, 0.1) is 22.8 Å². The van der Waals surface area contributed by atoms with Crippen LogP contribution in [0.2, 0.25) is 0 Å². The summed E-state index contributed by atoms with van der Waals surface area (Å²) in [4.78, 5) is 32.1. The molecule has 2 aliphatic heterocycles. The largest absolute Gasteiger partial charge is 0.261 e.